The van der Waals surface area contributed by atoms with Crippen molar-refractivity contribution in [2.45, 2.75) is 25.8 Å². The predicted octanol–water partition coefficient (Wildman–Crippen LogP) is 1.98. The summed E-state index contributed by atoms with van der Waals surface area (Å²) in [7, 11) is 1.62. The standard InChI is InChI=1S/C16H24N2O2/c1-20-15-13(3-2-4-14(15)19)11-18-10-7-16(12-18)5-8-17-9-6-16/h2-4,17,19H,5-12H2,1H3. The number of ether oxygens (including phenoxy) is 1. The monoisotopic (exact) mass is 276 g/mol. The number of hydrogen-bond donors (Lipinski definition) is 2. The van der Waals surface area contributed by atoms with E-state index in [4.69, 9.17) is 4.74 Å². The van der Waals surface area contributed by atoms with Gasteiger partial charge in [-0.05, 0) is 50.4 Å². The Kier molecular flexibility index (Phi) is 3.85. The lowest BCUT2D eigenvalue weighted by molar-refractivity contribution is 0.193. The summed E-state index contributed by atoms with van der Waals surface area (Å²) in [5, 5.41) is 13.3. The van der Waals surface area contributed by atoms with Gasteiger partial charge in [0.15, 0.2) is 11.5 Å². The van der Waals surface area contributed by atoms with Gasteiger partial charge in [0.2, 0.25) is 0 Å². The summed E-state index contributed by atoms with van der Waals surface area (Å²) in [4.78, 5) is 2.50. The lowest BCUT2D eigenvalue weighted by Crippen LogP contribution is -2.38. The normalized spacial score (nSPS) is 22.2. The molecule has 2 fully saturated rings. The van der Waals surface area contributed by atoms with Crippen LogP contribution in [0.15, 0.2) is 18.2 Å². The second-order valence-corrected chi connectivity index (χ2v) is 6.18. The van der Waals surface area contributed by atoms with Crippen LogP contribution in [0.25, 0.3) is 0 Å². The number of nitrogens with zero attached hydrogens (tertiary/aromatic N) is 1. The van der Waals surface area contributed by atoms with Gasteiger partial charge in [0, 0.05) is 18.7 Å². The molecule has 1 aromatic carbocycles. The molecular formula is C16H24N2O2. The summed E-state index contributed by atoms with van der Waals surface area (Å²) in [5.41, 5.74) is 1.61. The Hall–Kier alpha value is -1.26. The number of rotatable bonds is 3. The van der Waals surface area contributed by atoms with Crippen LogP contribution in [0.2, 0.25) is 0 Å². The molecule has 0 atom stereocenters. The first kappa shape index (κ1) is 13.7. The van der Waals surface area contributed by atoms with Crippen LogP contribution in [0.1, 0.15) is 24.8 Å². The van der Waals surface area contributed by atoms with Crippen molar-refractivity contribution >= 4 is 0 Å². The molecule has 2 N–H and O–H groups in total. The third kappa shape index (κ3) is 2.63. The van der Waals surface area contributed by atoms with Crippen LogP contribution in [-0.4, -0.2) is 43.3 Å². The molecule has 2 heterocycles. The number of nitrogens with one attached hydrogen (secondary N) is 1. The first-order valence-corrected chi connectivity index (χ1v) is 7.50. The summed E-state index contributed by atoms with van der Waals surface area (Å²) in [5.74, 6) is 0.861. The second kappa shape index (κ2) is 5.62. The van der Waals surface area contributed by atoms with E-state index in [-0.39, 0.29) is 5.75 Å². The van der Waals surface area contributed by atoms with Crippen LogP contribution >= 0.6 is 0 Å². The van der Waals surface area contributed by atoms with Gasteiger partial charge in [-0.2, -0.15) is 0 Å². The van der Waals surface area contributed by atoms with Crippen molar-refractivity contribution in [3.05, 3.63) is 23.8 Å². The highest BCUT2D eigenvalue weighted by Gasteiger charge is 2.38. The van der Waals surface area contributed by atoms with E-state index in [1.165, 1.54) is 25.8 Å². The lowest BCUT2D eigenvalue weighted by Gasteiger charge is -2.34. The van der Waals surface area contributed by atoms with E-state index in [9.17, 15) is 5.11 Å². The van der Waals surface area contributed by atoms with Gasteiger partial charge < -0.3 is 15.2 Å². The molecule has 0 amide bonds. The maximum absolute atomic E-state index is 9.86. The third-order valence-electron chi connectivity index (χ3n) is 4.86. The van der Waals surface area contributed by atoms with Crippen LogP contribution < -0.4 is 10.1 Å². The van der Waals surface area contributed by atoms with Crippen molar-refractivity contribution in [3.63, 3.8) is 0 Å². The Morgan fingerprint density at radius 2 is 2.10 bits per heavy atom. The summed E-state index contributed by atoms with van der Waals surface area (Å²) in [6.07, 6.45) is 3.89. The highest BCUT2D eigenvalue weighted by molar-refractivity contribution is 5.45. The summed E-state index contributed by atoms with van der Waals surface area (Å²) in [6, 6.07) is 5.62. The SMILES string of the molecule is COc1c(O)cccc1CN1CCC2(CCNCC2)C1. The molecule has 2 aliphatic rings. The van der Waals surface area contributed by atoms with E-state index >= 15 is 0 Å². The molecule has 3 rings (SSSR count). The Balaban J connectivity index is 1.69. The molecule has 1 aromatic rings. The number of aromatic hydroxyl groups is 1. The smallest absolute Gasteiger partial charge is 0.164 e. The fraction of sp³-hybridized carbons (Fsp3) is 0.625. The maximum Gasteiger partial charge on any atom is 0.164 e. The van der Waals surface area contributed by atoms with Gasteiger partial charge in [-0.25, -0.2) is 0 Å². The number of hydrogen-bond acceptors (Lipinski definition) is 4. The molecule has 0 saturated carbocycles. The minimum absolute atomic E-state index is 0.237. The molecule has 1 spiro atoms. The van der Waals surface area contributed by atoms with Crippen LogP contribution in [0.3, 0.4) is 0 Å². The van der Waals surface area contributed by atoms with Crippen LogP contribution in [0.4, 0.5) is 0 Å². The van der Waals surface area contributed by atoms with Gasteiger partial charge in [0.05, 0.1) is 7.11 Å². The Bertz CT molecular complexity index is 470. The summed E-state index contributed by atoms with van der Waals surface area (Å²) >= 11 is 0. The number of phenolic OH excluding ortho intramolecular Hbond substituents is 1. The molecule has 110 valence electrons. The van der Waals surface area contributed by atoms with Gasteiger partial charge >= 0.3 is 0 Å². The van der Waals surface area contributed by atoms with Gasteiger partial charge in [-0.3, -0.25) is 4.90 Å². The molecule has 0 aromatic heterocycles. The molecule has 0 bridgehead atoms. The molecule has 2 aliphatic heterocycles. The van der Waals surface area contributed by atoms with E-state index in [0.717, 1.165) is 31.7 Å². The van der Waals surface area contributed by atoms with Crippen molar-refractivity contribution < 1.29 is 9.84 Å². The molecule has 20 heavy (non-hydrogen) atoms. The zero-order valence-corrected chi connectivity index (χ0v) is 12.2. The molecule has 4 nitrogen and oxygen atoms in total. The number of piperidine rings is 1. The Morgan fingerprint density at radius 1 is 1.30 bits per heavy atom. The number of para-hydroxylation sites is 1. The van der Waals surface area contributed by atoms with Crippen molar-refractivity contribution in [2.75, 3.05) is 33.3 Å². The van der Waals surface area contributed by atoms with Gasteiger partial charge in [0.25, 0.3) is 0 Å². The third-order valence-corrected chi connectivity index (χ3v) is 4.86. The lowest BCUT2D eigenvalue weighted by atomic mass is 9.78. The average Bonchev–Trinajstić information content (AvgIpc) is 2.82. The quantitative estimate of drug-likeness (QED) is 0.886. The van der Waals surface area contributed by atoms with Crippen LogP contribution in [0.5, 0.6) is 11.5 Å². The second-order valence-electron chi connectivity index (χ2n) is 6.18. The average molecular weight is 276 g/mol. The Labute approximate surface area is 120 Å². The van der Waals surface area contributed by atoms with E-state index in [0.29, 0.717) is 11.2 Å². The first-order chi connectivity index (χ1) is 9.72. The molecule has 0 radical (unpaired) electrons. The van der Waals surface area contributed by atoms with Crippen LogP contribution in [-0.2, 0) is 6.54 Å². The summed E-state index contributed by atoms with van der Waals surface area (Å²) < 4.78 is 5.34. The zero-order valence-electron chi connectivity index (χ0n) is 12.2. The first-order valence-electron chi connectivity index (χ1n) is 7.50. The van der Waals surface area contributed by atoms with Gasteiger partial charge in [-0.1, -0.05) is 12.1 Å². The molecule has 0 aliphatic carbocycles. The van der Waals surface area contributed by atoms with E-state index in [2.05, 4.69) is 10.2 Å². The van der Waals surface area contributed by atoms with Crippen molar-refractivity contribution in [1.29, 1.82) is 0 Å². The van der Waals surface area contributed by atoms with Crippen molar-refractivity contribution in [1.82, 2.24) is 10.2 Å². The topological polar surface area (TPSA) is 44.7 Å². The maximum atomic E-state index is 9.86. The van der Waals surface area contributed by atoms with Crippen molar-refractivity contribution in [3.8, 4) is 11.5 Å². The number of likely N-dealkylation sites (tertiary alicyclic amines) is 1. The molecule has 2 saturated heterocycles. The van der Waals surface area contributed by atoms with Crippen molar-refractivity contribution in [2.24, 2.45) is 5.41 Å². The Morgan fingerprint density at radius 3 is 2.85 bits per heavy atom. The minimum atomic E-state index is 0.237. The molecule has 0 unspecified atom stereocenters. The molecular weight excluding hydrogens is 252 g/mol. The minimum Gasteiger partial charge on any atom is -0.504 e. The fourth-order valence-corrected chi connectivity index (χ4v) is 3.70. The van der Waals surface area contributed by atoms with Crippen LogP contribution in [0, 0.1) is 5.41 Å². The van der Waals surface area contributed by atoms with E-state index in [1.54, 1.807) is 13.2 Å². The fourth-order valence-electron chi connectivity index (χ4n) is 3.70. The predicted molar refractivity (Wildman–Crippen MR) is 79.1 cm³/mol. The van der Waals surface area contributed by atoms with E-state index < -0.39 is 0 Å². The number of benzene rings is 1. The summed E-state index contributed by atoms with van der Waals surface area (Å²) in [6.45, 7) is 5.51. The van der Waals surface area contributed by atoms with Gasteiger partial charge in [-0.15, -0.1) is 0 Å². The largest absolute Gasteiger partial charge is 0.504 e. The highest BCUT2D eigenvalue weighted by Crippen LogP contribution is 2.40. The molecule has 4 heteroatoms. The highest BCUT2D eigenvalue weighted by atomic mass is 16.5. The zero-order chi connectivity index (χ0) is 14.0. The van der Waals surface area contributed by atoms with E-state index in [1.807, 2.05) is 12.1 Å². The van der Waals surface area contributed by atoms with Gasteiger partial charge in [0.1, 0.15) is 0 Å². The number of phenols is 1. The number of methoxy groups -OCH3 is 1.